The Bertz CT molecular complexity index is 2430. The van der Waals surface area contributed by atoms with E-state index in [9.17, 15) is 15.2 Å². The summed E-state index contributed by atoms with van der Waals surface area (Å²) >= 11 is 1.31. The first kappa shape index (κ1) is 45.6. The highest BCUT2D eigenvalue weighted by Crippen LogP contribution is 2.51. The first-order valence-electron chi connectivity index (χ1n) is 20.6. The van der Waals surface area contributed by atoms with Gasteiger partial charge in [-0.3, -0.25) is 4.57 Å². The number of imidazole rings is 1. The molecule has 1 aliphatic heterocycles. The number of ether oxygens (including phenoxy) is 4. The lowest BCUT2D eigenvalue weighted by atomic mass is 9.80. The zero-order valence-electron chi connectivity index (χ0n) is 36.0. The van der Waals surface area contributed by atoms with Gasteiger partial charge in [-0.25, -0.2) is 24.4 Å². The van der Waals surface area contributed by atoms with Crippen molar-refractivity contribution in [2.24, 2.45) is 0 Å². The van der Waals surface area contributed by atoms with Gasteiger partial charge in [0.15, 0.2) is 5.65 Å². The molecule has 328 valence electrons. The molecular formula is C47H51N6O8PS. The van der Waals surface area contributed by atoms with Crippen molar-refractivity contribution in [1.29, 1.82) is 5.26 Å². The molecule has 63 heavy (non-hydrogen) atoms. The van der Waals surface area contributed by atoms with E-state index in [-0.39, 0.29) is 37.3 Å². The number of carboxylic acid groups (broad SMARTS) is 1. The van der Waals surface area contributed by atoms with Gasteiger partial charge in [0.2, 0.25) is 0 Å². The fourth-order valence-electron chi connectivity index (χ4n) is 7.74. The summed E-state index contributed by atoms with van der Waals surface area (Å²) in [4.78, 5) is 26.3. The Morgan fingerprint density at radius 3 is 2.17 bits per heavy atom. The normalized spacial score (nSPS) is 17.0. The minimum atomic E-state index is -1.66. The molecule has 1 saturated heterocycles. The first-order valence-corrected chi connectivity index (χ1v) is 22.6. The van der Waals surface area contributed by atoms with Gasteiger partial charge in [0.25, 0.3) is 8.53 Å². The summed E-state index contributed by atoms with van der Waals surface area (Å²) in [5, 5.41) is 19.6. The van der Waals surface area contributed by atoms with E-state index in [1.54, 1.807) is 38.7 Å². The van der Waals surface area contributed by atoms with Crippen molar-refractivity contribution in [2.75, 3.05) is 27.4 Å². The summed E-state index contributed by atoms with van der Waals surface area (Å²) < 4.78 is 43.1. The van der Waals surface area contributed by atoms with Gasteiger partial charge < -0.3 is 33.1 Å². The lowest BCUT2D eigenvalue weighted by Gasteiger charge is -2.39. The van der Waals surface area contributed by atoms with E-state index in [1.165, 1.54) is 18.1 Å². The topological polar surface area (TPSA) is 163 Å². The van der Waals surface area contributed by atoms with E-state index in [1.807, 2.05) is 77.4 Å². The summed E-state index contributed by atoms with van der Waals surface area (Å²) in [5.74, 6) is 0.408. The van der Waals surface area contributed by atoms with Crippen LogP contribution in [0, 0.1) is 11.3 Å². The third-order valence-corrected chi connectivity index (χ3v) is 13.8. The fraction of sp³-hybridized carbons (Fsp3) is 0.340. The average molecular weight is 891 g/mol. The number of carboxylic acids is 1. The summed E-state index contributed by atoms with van der Waals surface area (Å²) in [6, 6.07) is 34.8. The lowest BCUT2D eigenvalue weighted by molar-refractivity contribution is -0.0912. The molecule has 16 heteroatoms. The van der Waals surface area contributed by atoms with Crippen LogP contribution in [0.2, 0.25) is 0 Å². The highest BCUT2D eigenvalue weighted by atomic mass is 32.2. The smallest absolute Gasteiger partial charge is 0.335 e. The van der Waals surface area contributed by atoms with Gasteiger partial charge in [0, 0.05) is 23.4 Å². The average Bonchev–Trinajstić information content (AvgIpc) is 3.92. The van der Waals surface area contributed by atoms with Gasteiger partial charge in [0.05, 0.1) is 57.9 Å². The van der Waals surface area contributed by atoms with Crippen molar-refractivity contribution in [3.05, 3.63) is 138 Å². The molecule has 2 aromatic heterocycles. The monoisotopic (exact) mass is 890 g/mol. The number of rotatable bonds is 20. The number of benzene rings is 4. The van der Waals surface area contributed by atoms with E-state index in [0.29, 0.717) is 39.0 Å². The van der Waals surface area contributed by atoms with E-state index in [0.717, 1.165) is 16.7 Å². The Kier molecular flexibility index (Phi) is 15.1. The van der Waals surface area contributed by atoms with Crippen molar-refractivity contribution >= 4 is 37.4 Å². The number of hydrogen-bond donors (Lipinski definition) is 1. The van der Waals surface area contributed by atoms with E-state index >= 15 is 0 Å². The predicted octanol–water partition coefficient (Wildman–Crippen LogP) is 9.65. The third-order valence-electron chi connectivity index (χ3n) is 10.6. The van der Waals surface area contributed by atoms with Crippen molar-refractivity contribution in [3.8, 4) is 17.6 Å². The zero-order valence-corrected chi connectivity index (χ0v) is 37.7. The zero-order chi connectivity index (χ0) is 44.5. The Morgan fingerprint density at radius 2 is 1.57 bits per heavy atom. The van der Waals surface area contributed by atoms with Crippen LogP contribution in [-0.4, -0.2) is 87.0 Å². The van der Waals surface area contributed by atoms with Gasteiger partial charge >= 0.3 is 5.97 Å². The number of hydrogen-bond acceptors (Lipinski definition) is 13. The summed E-state index contributed by atoms with van der Waals surface area (Å²) in [6.45, 7) is 8.70. The minimum Gasteiger partial charge on any atom is -0.497 e. The second-order valence-electron chi connectivity index (χ2n) is 15.3. The first-order chi connectivity index (χ1) is 30.6. The summed E-state index contributed by atoms with van der Waals surface area (Å²) in [5.41, 5.74) is 2.78. The number of aromatic carboxylic acids is 1. The number of nitriles is 1. The highest BCUT2D eigenvalue weighted by molar-refractivity contribution is 7.99. The number of fused-ring (bicyclic) bond motifs is 1. The van der Waals surface area contributed by atoms with Crippen LogP contribution >= 0.6 is 20.3 Å². The van der Waals surface area contributed by atoms with Crippen LogP contribution in [0.5, 0.6) is 11.5 Å². The van der Waals surface area contributed by atoms with Crippen LogP contribution in [0.25, 0.3) is 11.2 Å². The van der Waals surface area contributed by atoms with Crippen LogP contribution in [0.3, 0.4) is 0 Å². The molecule has 1 fully saturated rings. The second-order valence-corrected chi connectivity index (χ2v) is 17.8. The molecule has 0 aliphatic carbocycles. The van der Waals surface area contributed by atoms with Crippen LogP contribution in [0.4, 0.5) is 0 Å². The molecule has 0 amide bonds. The molecule has 1 unspecified atom stereocenters. The van der Waals surface area contributed by atoms with Gasteiger partial charge in [0.1, 0.15) is 46.3 Å². The Hall–Kier alpha value is -5.43. The number of aromatic nitrogens is 4. The molecule has 3 heterocycles. The van der Waals surface area contributed by atoms with Crippen LogP contribution in [0.15, 0.2) is 126 Å². The molecule has 6 aromatic rings. The summed E-state index contributed by atoms with van der Waals surface area (Å²) in [7, 11) is 1.62. The van der Waals surface area contributed by atoms with Gasteiger partial charge in [-0.05, 0) is 86.8 Å². The van der Waals surface area contributed by atoms with E-state index in [2.05, 4.69) is 60.5 Å². The molecule has 1 N–H and O–H groups in total. The second kappa shape index (κ2) is 20.8. The molecule has 7 rings (SSSR count). The summed E-state index contributed by atoms with van der Waals surface area (Å²) in [6.07, 6.45) is 1.99. The van der Waals surface area contributed by atoms with Crippen LogP contribution in [0.1, 0.15) is 73.8 Å². The number of methoxy groups -OCH3 is 2. The molecule has 14 nitrogen and oxygen atoms in total. The molecule has 1 aliphatic rings. The van der Waals surface area contributed by atoms with Crippen LogP contribution < -0.4 is 9.47 Å². The molecule has 0 radical (unpaired) electrons. The van der Waals surface area contributed by atoms with E-state index < -0.39 is 38.5 Å². The van der Waals surface area contributed by atoms with Gasteiger partial charge in [-0.1, -0.05) is 72.4 Å². The van der Waals surface area contributed by atoms with Gasteiger partial charge in [-0.2, -0.15) is 5.26 Å². The molecule has 4 atom stereocenters. The largest absolute Gasteiger partial charge is 0.497 e. The third kappa shape index (κ3) is 10.2. The predicted molar refractivity (Wildman–Crippen MR) is 240 cm³/mol. The molecule has 4 aromatic carbocycles. The molecular weight excluding hydrogens is 840 g/mol. The maximum absolute atomic E-state index is 11.7. The van der Waals surface area contributed by atoms with E-state index in [4.69, 9.17) is 33.0 Å². The standard InChI is InChI=1S/C47H51N6O8PS/c1-31(2)53(32(3)4)62(59-25-11-24-48)61-40-27-42(52-30-51-43-44(52)49-29-50-45(43)63-39-15-10-12-33(26-39)46(54)55)60-41(40)28-58-47(34-13-8-7-9-14-34,35-16-20-37(56-5)21-17-35)36-18-22-38(57-6)23-19-36/h7-10,12-23,26,29-32,40-42H,11,25,27-28H2,1-6H3,(H,54,55)/t40-,41+,42+,62?/m0/s1. The maximum atomic E-state index is 11.7. The number of nitrogens with zero attached hydrogens (tertiary/aromatic N) is 6. The Balaban J connectivity index is 1.29. The molecule has 0 spiro atoms. The van der Waals surface area contributed by atoms with Crippen molar-refractivity contribution < 1.29 is 37.9 Å². The van der Waals surface area contributed by atoms with Crippen molar-refractivity contribution in [3.63, 3.8) is 0 Å². The molecule has 0 saturated carbocycles. The lowest BCUT2D eigenvalue weighted by Crippen LogP contribution is -2.39. The number of carbonyl (C=O) groups is 1. The SMILES string of the molecule is COc1ccc(C(OC[C@H]2O[C@@H](n3cnc4c(Sc5cccc(C(=O)O)c5)ncnc43)C[C@@H]2OP(OCCC#N)N(C(C)C)C(C)C)(c2ccccc2)c2ccc(OC)cc2)cc1. The Morgan fingerprint density at radius 1 is 0.921 bits per heavy atom. The minimum absolute atomic E-state index is 0.0725. The van der Waals surface area contributed by atoms with Crippen molar-refractivity contribution in [1.82, 2.24) is 24.2 Å². The maximum Gasteiger partial charge on any atom is 0.335 e. The van der Waals surface area contributed by atoms with Gasteiger partial charge in [-0.15, -0.1) is 0 Å². The van der Waals surface area contributed by atoms with Crippen molar-refractivity contribution in [2.45, 2.75) is 86.6 Å². The fourth-order valence-corrected chi connectivity index (χ4v) is 10.4. The van der Waals surface area contributed by atoms with Crippen LogP contribution in [-0.2, 0) is 24.1 Å². The quantitative estimate of drug-likeness (QED) is 0.0334. The Labute approximate surface area is 373 Å². The molecule has 0 bridgehead atoms. The highest BCUT2D eigenvalue weighted by Gasteiger charge is 2.45.